The molecule has 2 aromatic heterocycles. The first-order valence-corrected chi connectivity index (χ1v) is 7.18. The van der Waals surface area contributed by atoms with E-state index in [1.807, 2.05) is 26.8 Å². The van der Waals surface area contributed by atoms with Crippen LogP contribution < -0.4 is 5.32 Å². The van der Waals surface area contributed by atoms with Crippen LogP contribution in [0, 0.1) is 19.8 Å². The van der Waals surface area contributed by atoms with Crippen LogP contribution in [0.5, 0.6) is 0 Å². The average molecular weight is 293 g/mol. The van der Waals surface area contributed by atoms with Crippen molar-refractivity contribution in [2.75, 3.05) is 0 Å². The Balaban J connectivity index is 2.01. The van der Waals surface area contributed by atoms with Gasteiger partial charge in [0, 0.05) is 17.4 Å². The third-order valence-electron chi connectivity index (χ3n) is 3.77. The Morgan fingerprint density at radius 2 is 2.20 bits per heavy atom. The predicted octanol–water partition coefficient (Wildman–Crippen LogP) is 2.53. The van der Waals surface area contributed by atoms with Gasteiger partial charge in [0.1, 0.15) is 5.56 Å². The van der Waals surface area contributed by atoms with Gasteiger partial charge >= 0.3 is 0 Å². The zero-order valence-electron chi connectivity index (χ0n) is 11.8. The smallest absolute Gasteiger partial charge is 0.258 e. The molecule has 0 aromatic carbocycles. The molecule has 0 radical (unpaired) electrons. The number of aryl methyl sites for hydroxylation is 2. The Morgan fingerprint density at radius 3 is 2.85 bits per heavy atom. The van der Waals surface area contributed by atoms with Gasteiger partial charge in [0.05, 0.1) is 0 Å². The van der Waals surface area contributed by atoms with E-state index in [9.17, 15) is 4.79 Å². The van der Waals surface area contributed by atoms with E-state index in [1.54, 1.807) is 4.52 Å². The second kappa shape index (κ2) is 4.74. The number of halogens is 1. The van der Waals surface area contributed by atoms with Gasteiger partial charge in [-0.3, -0.25) is 4.79 Å². The zero-order valence-corrected chi connectivity index (χ0v) is 12.5. The number of fused-ring (bicyclic) bond motifs is 1. The molecule has 6 heteroatoms. The highest BCUT2D eigenvalue weighted by molar-refractivity contribution is 6.33. The fraction of sp³-hybridized carbons (Fsp3) is 0.500. The van der Waals surface area contributed by atoms with E-state index in [1.165, 1.54) is 12.8 Å². The minimum Gasteiger partial charge on any atom is -0.349 e. The van der Waals surface area contributed by atoms with E-state index in [2.05, 4.69) is 15.4 Å². The number of aromatic nitrogens is 3. The SMILES string of the molecule is Cc1cc(C)n2nc(Cl)c(C(=O)N[C@@H](C)C3CC3)c2n1. The third-order valence-corrected chi connectivity index (χ3v) is 4.03. The van der Waals surface area contributed by atoms with E-state index < -0.39 is 0 Å². The van der Waals surface area contributed by atoms with E-state index in [0.717, 1.165) is 11.4 Å². The minimum atomic E-state index is -0.193. The molecule has 106 valence electrons. The molecule has 1 aliphatic rings. The van der Waals surface area contributed by atoms with Gasteiger partial charge in [-0.25, -0.2) is 9.50 Å². The molecule has 2 aromatic rings. The lowest BCUT2D eigenvalue weighted by Crippen LogP contribution is -2.34. The predicted molar refractivity (Wildman–Crippen MR) is 77.1 cm³/mol. The summed E-state index contributed by atoms with van der Waals surface area (Å²) < 4.78 is 1.62. The highest BCUT2D eigenvalue weighted by Gasteiger charge is 2.30. The topological polar surface area (TPSA) is 59.3 Å². The molecule has 1 aliphatic carbocycles. The third kappa shape index (κ3) is 2.26. The Bertz CT molecular complexity index is 690. The molecular formula is C14H17ClN4O. The molecule has 5 nitrogen and oxygen atoms in total. The van der Waals surface area contributed by atoms with E-state index in [0.29, 0.717) is 17.1 Å². The van der Waals surface area contributed by atoms with Crippen molar-refractivity contribution in [1.29, 1.82) is 0 Å². The van der Waals surface area contributed by atoms with Gasteiger partial charge < -0.3 is 5.32 Å². The van der Waals surface area contributed by atoms with E-state index >= 15 is 0 Å². The Labute approximate surface area is 122 Å². The largest absolute Gasteiger partial charge is 0.349 e. The summed E-state index contributed by atoms with van der Waals surface area (Å²) in [6, 6.07) is 2.07. The molecule has 0 spiro atoms. The molecule has 0 unspecified atom stereocenters. The molecular weight excluding hydrogens is 276 g/mol. The van der Waals surface area contributed by atoms with E-state index in [-0.39, 0.29) is 17.1 Å². The van der Waals surface area contributed by atoms with Gasteiger partial charge in [-0.05, 0) is 45.6 Å². The molecule has 3 rings (SSSR count). The number of amides is 1. The zero-order chi connectivity index (χ0) is 14.4. The van der Waals surface area contributed by atoms with Crippen molar-refractivity contribution in [2.24, 2.45) is 5.92 Å². The van der Waals surface area contributed by atoms with Crippen LogP contribution in [0.4, 0.5) is 0 Å². The number of rotatable bonds is 3. The second-order valence-electron chi connectivity index (χ2n) is 5.54. The van der Waals surface area contributed by atoms with Crippen LogP contribution in [0.1, 0.15) is 41.5 Å². The molecule has 1 atom stereocenters. The van der Waals surface area contributed by atoms with Crippen molar-refractivity contribution in [2.45, 2.75) is 39.7 Å². The minimum absolute atomic E-state index is 0.166. The summed E-state index contributed by atoms with van der Waals surface area (Å²) in [7, 11) is 0. The molecule has 1 saturated carbocycles. The van der Waals surface area contributed by atoms with Crippen LogP contribution in [0.15, 0.2) is 6.07 Å². The monoisotopic (exact) mass is 292 g/mol. The van der Waals surface area contributed by atoms with Crippen LogP contribution in [0.25, 0.3) is 5.65 Å². The first kappa shape index (κ1) is 13.4. The first-order chi connectivity index (χ1) is 9.47. The maximum atomic E-state index is 12.4. The fourth-order valence-electron chi connectivity index (χ4n) is 2.48. The highest BCUT2D eigenvalue weighted by Crippen LogP contribution is 2.32. The van der Waals surface area contributed by atoms with Crippen molar-refractivity contribution in [1.82, 2.24) is 19.9 Å². The van der Waals surface area contributed by atoms with Crippen LogP contribution in [0.3, 0.4) is 0 Å². The summed E-state index contributed by atoms with van der Waals surface area (Å²) in [6.45, 7) is 5.83. The number of carbonyl (C=O) groups excluding carboxylic acids is 1. The lowest BCUT2D eigenvalue weighted by atomic mass is 10.2. The summed E-state index contributed by atoms with van der Waals surface area (Å²) in [5.74, 6) is 0.401. The molecule has 1 fully saturated rings. The molecule has 20 heavy (non-hydrogen) atoms. The lowest BCUT2D eigenvalue weighted by Gasteiger charge is -2.12. The van der Waals surface area contributed by atoms with Gasteiger partial charge in [-0.2, -0.15) is 5.10 Å². The van der Waals surface area contributed by atoms with Crippen molar-refractivity contribution in [3.8, 4) is 0 Å². The van der Waals surface area contributed by atoms with Gasteiger partial charge in [0.2, 0.25) is 0 Å². The summed E-state index contributed by atoms with van der Waals surface area (Å²) in [4.78, 5) is 16.8. The summed E-state index contributed by atoms with van der Waals surface area (Å²) >= 11 is 6.13. The van der Waals surface area contributed by atoms with Crippen LogP contribution in [-0.4, -0.2) is 26.5 Å². The van der Waals surface area contributed by atoms with Crippen molar-refractivity contribution >= 4 is 23.2 Å². The van der Waals surface area contributed by atoms with Crippen LogP contribution in [-0.2, 0) is 0 Å². The summed E-state index contributed by atoms with van der Waals surface area (Å²) in [6.07, 6.45) is 2.36. The van der Waals surface area contributed by atoms with Crippen LogP contribution >= 0.6 is 11.6 Å². The lowest BCUT2D eigenvalue weighted by molar-refractivity contribution is 0.0937. The second-order valence-corrected chi connectivity index (χ2v) is 5.90. The maximum Gasteiger partial charge on any atom is 0.258 e. The number of hydrogen-bond acceptors (Lipinski definition) is 3. The van der Waals surface area contributed by atoms with Gasteiger partial charge in [-0.1, -0.05) is 11.6 Å². The maximum absolute atomic E-state index is 12.4. The number of hydrogen-bond donors (Lipinski definition) is 1. The van der Waals surface area contributed by atoms with Crippen molar-refractivity contribution in [3.63, 3.8) is 0 Å². The van der Waals surface area contributed by atoms with Crippen LogP contribution in [0.2, 0.25) is 5.15 Å². The molecule has 0 bridgehead atoms. The first-order valence-electron chi connectivity index (χ1n) is 6.80. The van der Waals surface area contributed by atoms with Crippen molar-refractivity contribution in [3.05, 3.63) is 28.2 Å². The molecule has 1 amide bonds. The number of nitrogens with zero attached hydrogens (tertiary/aromatic N) is 3. The standard InChI is InChI=1S/C14H17ClN4O/c1-7-6-8(2)19-13(16-7)11(12(15)18-19)14(20)17-9(3)10-4-5-10/h6,9-10H,4-5H2,1-3H3,(H,17,20)/t9-/m0/s1. The summed E-state index contributed by atoms with van der Waals surface area (Å²) in [5.41, 5.74) is 2.64. The fourth-order valence-corrected chi connectivity index (χ4v) is 2.73. The van der Waals surface area contributed by atoms with Gasteiger partial charge in [0.15, 0.2) is 10.8 Å². The van der Waals surface area contributed by atoms with Gasteiger partial charge in [-0.15, -0.1) is 0 Å². The molecule has 0 aliphatic heterocycles. The summed E-state index contributed by atoms with van der Waals surface area (Å²) in [5, 5.41) is 7.40. The Hall–Kier alpha value is -1.62. The highest BCUT2D eigenvalue weighted by atomic mass is 35.5. The molecule has 1 N–H and O–H groups in total. The van der Waals surface area contributed by atoms with E-state index in [4.69, 9.17) is 11.6 Å². The number of carbonyl (C=O) groups is 1. The quantitative estimate of drug-likeness (QED) is 0.946. The van der Waals surface area contributed by atoms with Crippen molar-refractivity contribution < 1.29 is 4.79 Å². The Kier molecular flexibility index (Phi) is 3.17. The average Bonchev–Trinajstić information content (AvgIpc) is 3.13. The Morgan fingerprint density at radius 1 is 1.50 bits per heavy atom. The number of nitrogens with one attached hydrogen (secondary N) is 1. The van der Waals surface area contributed by atoms with Gasteiger partial charge in [0.25, 0.3) is 5.91 Å². The molecule has 2 heterocycles. The normalized spacial score (nSPS) is 16.4. The molecule has 0 saturated heterocycles.